The van der Waals surface area contributed by atoms with Gasteiger partial charge < -0.3 is 5.11 Å². The van der Waals surface area contributed by atoms with Crippen LogP contribution in [-0.4, -0.2) is 10.1 Å². The molecule has 0 radical (unpaired) electrons. The maximum Gasteiger partial charge on any atom is 0.156 e. The van der Waals surface area contributed by atoms with Crippen LogP contribution in [0, 0.1) is 0 Å². The molecule has 0 aliphatic rings. The van der Waals surface area contributed by atoms with E-state index in [1.807, 2.05) is 12.1 Å². The van der Waals surface area contributed by atoms with Gasteiger partial charge in [-0.25, -0.2) is 4.98 Å². The van der Waals surface area contributed by atoms with Crippen LogP contribution >= 0.6 is 34.7 Å². The van der Waals surface area contributed by atoms with Crippen LogP contribution < -0.4 is 0 Å². The average Bonchev–Trinajstić information content (AvgIpc) is 2.56. The van der Waals surface area contributed by atoms with Gasteiger partial charge in [0.05, 0.1) is 4.90 Å². The van der Waals surface area contributed by atoms with Gasteiger partial charge in [-0.1, -0.05) is 35.5 Å². The highest BCUT2D eigenvalue weighted by Gasteiger charge is 2.05. The molecule has 2 aromatic rings. The number of halogens is 1. The van der Waals surface area contributed by atoms with E-state index in [2.05, 4.69) is 4.98 Å². The van der Waals surface area contributed by atoms with Crippen molar-refractivity contribution < 1.29 is 5.11 Å². The highest BCUT2D eigenvalue weighted by molar-refractivity contribution is 8.01. The first-order valence-electron chi connectivity index (χ1n) is 3.82. The standard InChI is InChI=1S/C9H6ClNOS2/c10-8-5-13-9(11-8)14-7-4-2-1-3-6(7)12/h1-5,12H. The summed E-state index contributed by atoms with van der Waals surface area (Å²) in [6.07, 6.45) is 0. The highest BCUT2D eigenvalue weighted by Crippen LogP contribution is 2.36. The second kappa shape index (κ2) is 4.21. The number of nitrogens with zero attached hydrogens (tertiary/aromatic N) is 1. The van der Waals surface area contributed by atoms with Crippen molar-refractivity contribution in [1.29, 1.82) is 0 Å². The van der Waals surface area contributed by atoms with Crippen LogP contribution in [0.3, 0.4) is 0 Å². The fourth-order valence-electron chi connectivity index (χ4n) is 0.923. The molecule has 0 fully saturated rings. The molecule has 5 heteroatoms. The van der Waals surface area contributed by atoms with Crippen molar-refractivity contribution in [2.24, 2.45) is 0 Å². The first-order chi connectivity index (χ1) is 6.75. The summed E-state index contributed by atoms with van der Waals surface area (Å²) in [5, 5.41) is 11.8. The van der Waals surface area contributed by atoms with Crippen molar-refractivity contribution in [2.75, 3.05) is 0 Å². The van der Waals surface area contributed by atoms with Crippen LogP contribution in [0.4, 0.5) is 0 Å². The third-order valence-corrected chi connectivity index (χ3v) is 3.84. The zero-order chi connectivity index (χ0) is 9.97. The Bertz CT molecular complexity index is 444. The molecule has 0 bridgehead atoms. The molecule has 0 atom stereocenters. The van der Waals surface area contributed by atoms with E-state index in [9.17, 15) is 5.11 Å². The molecule has 1 heterocycles. The van der Waals surface area contributed by atoms with Gasteiger partial charge in [-0.05, 0) is 12.1 Å². The number of para-hydroxylation sites is 1. The summed E-state index contributed by atoms with van der Waals surface area (Å²) in [5.74, 6) is 0.267. The minimum atomic E-state index is 0.267. The van der Waals surface area contributed by atoms with E-state index in [4.69, 9.17) is 11.6 Å². The van der Waals surface area contributed by atoms with Gasteiger partial charge in [-0.2, -0.15) is 0 Å². The Labute approximate surface area is 94.6 Å². The SMILES string of the molecule is Oc1ccccc1Sc1nc(Cl)cs1. The number of phenols is 1. The summed E-state index contributed by atoms with van der Waals surface area (Å²) in [7, 11) is 0. The molecule has 0 saturated carbocycles. The Balaban J connectivity index is 2.23. The zero-order valence-corrected chi connectivity index (χ0v) is 9.36. The van der Waals surface area contributed by atoms with E-state index in [1.165, 1.54) is 23.1 Å². The number of benzene rings is 1. The number of hydrogen-bond donors (Lipinski definition) is 1. The van der Waals surface area contributed by atoms with Crippen molar-refractivity contribution >= 4 is 34.7 Å². The Morgan fingerprint density at radius 1 is 1.36 bits per heavy atom. The Hall–Kier alpha value is -0.710. The molecule has 2 rings (SSSR count). The monoisotopic (exact) mass is 243 g/mol. The second-order valence-corrected chi connectivity index (χ2v) is 5.04. The molecule has 0 spiro atoms. The minimum Gasteiger partial charge on any atom is -0.507 e. The molecule has 1 aromatic carbocycles. The quantitative estimate of drug-likeness (QED) is 0.874. The molecule has 14 heavy (non-hydrogen) atoms. The molecule has 0 amide bonds. The molecule has 72 valence electrons. The summed E-state index contributed by atoms with van der Waals surface area (Å²) >= 11 is 8.56. The van der Waals surface area contributed by atoms with Crippen LogP contribution in [0.25, 0.3) is 0 Å². The van der Waals surface area contributed by atoms with Gasteiger partial charge in [-0.3, -0.25) is 0 Å². The maximum atomic E-state index is 9.50. The summed E-state index contributed by atoms with van der Waals surface area (Å²) in [6, 6.07) is 7.15. The molecule has 0 aliphatic heterocycles. The molecule has 2 nitrogen and oxygen atoms in total. The third-order valence-electron chi connectivity index (χ3n) is 1.52. The van der Waals surface area contributed by atoms with Gasteiger partial charge >= 0.3 is 0 Å². The van der Waals surface area contributed by atoms with Gasteiger partial charge in [0, 0.05) is 5.38 Å². The molecular formula is C9H6ClNOS2. The van der Waals surface area contributed by atoms with Gasteiger partial charge in [0.15, 0.2) is 4.34 Å². The Morgan fingerprint density at radius 3 is 2.79 bits per heavy atom. The van der Waals surface area contributed by atoms with Crippen LogP contribution in [0.15, 0.2) is 38.9 Å². The largest absolute Gasteiger partial charge is 0.507 e. The van der Waals surface area contributed by atoms with Crippen molar-refractivity contribution in [3.05, 3.63) is 34.8 Å². The molecule has 0 saturated heterocycles. The van der Waals surface area contributed by atoms with Gasteiger partial charge in [0.1, 0.15) is 10.9 Å². The summed E-state index contributed by atoms with van der Waals surface area (Å²) in [4.78, 5) is 4.87. The van der Waals surface area contributed by atoms with E-state index >= 15 is 0 Å². The minimum absolute atomic E-state index is 0.267. The second-order valence-electron chi connectivity index (χ2n) is 2.51. The van der Waals surface area contributed by atoms with Crippen molar-refractivity contribution in [2.45, 2.75) is 9.24 Å². The zero-order valence-electron chi connectivity index (χ0n) is 6.98. The van der Waals surface area contributed by atoms with Crippen LogP contribution in [0.5, 0.6) is 5.75 Å². The number of aromatic nitrogens is 1. The lowest BCUT2D eigenvalue weighted by Gasteiger charge is -1.99. The lowest BCUT2D eigenvalue weighted by molar-refractivity contribution is 0.462. The molecule has 1 N–H and O–H groups in total. The lowest BCUT2D eigenvalue weighted by Crippen LogP contribution is -1.73. The number of thiazole rings is 1. The topological polar surface area (TPSA) is 33.1 Å². The van der Waals surface area contributed by atoms with E-state index in [1.54, 1.807) is 17.5 Å². The molecule has 1 aromatic heterocycles. The summed E-state index contributed by atoms with van der Waals surface area (Å²) in [6.45, 7) is 0. The van der Waals surface area contributed by atoms with Crippen molar-refractivity contribution in [1.82, 2.24) is 4.98 Å². The number of aromatic hydroxyl groups is 1. The average molecular weight is 244 g/mol. The van der Waals surface area contributed by atoms with E-state index in [0.717, 1.165) is 9.24 Å². The van der Waals surface area contributed by atoms with Crippen molar-refractivity contribution in [3.63, 3.8) is 0 Å². The first kappa shape index (κ1) is 9.83. The first-order valence-corrected chi connectivity index (χ1v) is 5.90. The predicted octanol–water partition coefficient (Wildman–Crippen LogP) is 3.65. The number of rotatable bonds is 2. The Morgan fingerprint density at radius 2 is 2.14 bits per heavy atom. The molecule has 0 aliphatic carbocycles. The van der Waals surface area contributed by atoms with E-state index in [-0.39, 0.29) is 5.75 Å². The summed E-state index contributed by atoms with van der Waals surface area (Å²) in [5.41, 5.74) is 0. The fourth-order valence-corrected chi connectivity index (χ4v) is 2.90. The molecular weight excluding hydrogens is 238 g/mol. The Kier molecular flexibility index (Phi) is 2.96. The highest BCUT2D eigenvalue weighted by atomic mass is 35.5. The normalized spacial score (nSPS) is 10.4. The van der Waals surface area contributed by atoms with Crippen LogP contribution in [0.2, 0.25) is 5.15 Å². The third kappa shape index (κ3) is 2.20. The van der Waals surface area contributed by atoms with E-state index < -0.39 is 0 Å². The van der Waals surface area contributed by atoms with Crippen LogP contribution in [-0.2, 0) is 0 Å². The van der Waals surface area contributed by atoms with Crippen molar-refractivity contribution in [3.8, 4) is 5.75 Å². The van der Waals surface area contributed by atoms with Gasteiger partial charge in [-0.15, -0.1) is 11.3 Å². The smallest absolute Gasteiger partial charge is 0.156 e. The number of hydrogen-bond acceptors (Lipinski definition) is 4. The van der Waals surface area contributed by atoms with Crippen LogP contribution in [0.1, 0.15) is 0 Å². The van der Waals surface area contributed by atoms with Gasteiger partial charge in [0.25, 0.3) is 0 Å². The van der Waals surface area contributed by atoms with Gasteiger partial charge in [0.2, 0.25) is 0 Å². The van der Waals surface area contributed by atoms with E-state index in [0.29, 0.717) is 5.15 Å². The lowest BCUT2D eigenvalue weighted by atomic mass is 10.3. The summed E-state index contributed by atoms with van der Waals surface area (Å²) < 4.78 is 0.830. The molecule has 0 unspecified atom stereocenters. The fraction of sp³-hybridized carbons (Fsp3) is 0. The maximum absolute atomic E-state index is 9.50. The predicted molar refractivity (Wildman–Crippen MR) is 59.4 cm³/mol. The number of phenolic OH excluding ortho intramolecular Hbond substituents is 1.